The lowest BCUT2D eigenvalue weighted by Gasteiger charge is -2.34. The number of hydrogen-bond acceptors (Lipinski definition) is 3. The van der Waals surface area contributed by atoms with Crippen molar-refractivity contribution in [2.24, 2.45) is 0 Å². The number of benzene rings is 3. The lowest BCUT2D eigenvalue weighted by molar-refractivity contribution is 0.0641. The van der Waals surface area contributed by atoms with E-state index in [2.05, 4.69) is 34.3 Å². The molecule has 1 saturated heterocycles. The average Bonchev–Trinajstić information content (AvgIpc) is 3.35. The fourth-order valence-electron chi connectivity index (χ4n) is 4.31. The molecule has 2 heterocycles. The molecular weight excluding hydrogens is 475 g/mol. The van der Waals surface area contributed by atoms with Gasteiger partial charge in [0.15, 0.2) is 0 Å². The number of carbonyl (C=O) groups is 1. The molecule has 0 aliphatic carbocycles. The van der Waals surface area contributed by atoms with Gasteiger partial charge in [0.25, 0.3) is 5.91 Å². The van der Waals surface area contributed by atoms with Gasteiger partial charge < -0.3 is 4.90 Å². The van der Waals surface area contributed by atoms with Crippen LogP contribution in [0.5, 0.6) is 0 Å². The van der Waals surface area contributed by atoms with Crippen molar-refractivity contribution in [2.45, 2.75) is 0 Å². The number of aromatic nitrogens is 2. The molecule has 1 amide bonds. The molecule has 3 aromatic carbocycles. The van der Waals surface area contributed by atoms with E-state index in [1.807, 2.05) is 41.3 Å². The zero-order chi connectivity index (χ0) is 24.9. The summed E-state index contributed by atoms with van der Waals surface area (Å²) in [6, 6.07) is 25.3. The minimum Gasteiger partial charge on any atom is -0.335 e. The third-order valence-electron chi connectivity index (χ3n) is 6.28. The highest BCUT2D eigenvalue weighted by molar-refractivity contribution is 6.33. The van der Waals surface area contributed by atoms with Gasteiger partial charge in [-0.15, -0.1) is 0 Å². The van der Waals surface area contributed by atoms with E-state index in [1.165, 1.54) is 17.7 Å². The fourth-order valence-corrected chi connectivity index (χ4v) is 4.54. The second-order valence-corrected chi connectivity index (χ2v) is 9.10. The van der Waals surface area contributed by atoms with Crippen LogP contribution in [0.4, 0.5) is 4.39 Å². The second-order valence-electron chi connectivity index (χ2n) is 8.69. The van der Waals surface area contributed by atoms with Crippen LogP contribution in [0.25, 0.3) is 23.0 Å². The quantitative estimate of drug-likeness (QED) is 0.336. The van der Waals surface area contributed by atoms with Crippen LogP contribution in [0, 0.1) is 5.82 Å². The lowest BCUT2D eigenvalue weighted by Crippen LogP contribution is -2.49. The first-order valence-corrected chi connectivity index (χ1v) is 12.3. The van der Waals surface area contributed by atoms with Crippen molar-refractivity contribution in [3.8, 4) is 16.9 Å². The molecule has 5 rings (SSSR count). The molecule has 0 unspecified atom stereocenters. The van der Waals surface area contributed by atoms with E-state index in [1.54, 1.807) is 28.9 Å². The molecule has 0 N–H and O–H groups in total. The maximum absolute atomic E-state index is 13.6. The van der Waals surface area contributed by atoms with Gasteiger partial charge in [-0.25, -0.2) is 9.07 Å². The Balaban J connectivity index is 1.33. The Morgan fingerprint density at radius 2 is 1.61 bits per heavy atom. The monoisotopic (exact) mass is 500 g/mol. The molecule has 1 aliphatic heterocycles. The van der Waals surface area contributed by atoms with E-state index < -0.39 is 0 Å². The first kappa shape index (κ1) is 24.0. The van der Waals surface area contributed by atoms with Crippen LogP contribution >= 0.6 is 11.6 Å². The van der Waals surface area contributed by atoms with Crippen LogP contribution < -0.4 is 0 Å². The van der Waals surface area contributed by atoms with Crippen LogP contribution in [0.1, 0.15) is 16.1 Å². The van der Waals surface area contributed by atoms with Crippen LogP contribution in [0.3, 0.4) is 0 Å². The molecule has 1 aliphatic rings. The molecular formula is C29H26ClFN4O. The molecule has 182 valence electrons. The SMILES string of the molecule is O=C(c1cc(-c2ccccc2Cl)nn1-c1ccc(F)cc1)N1CCN(C/C=C/c2ccccc2)CC1. The summed E-state index contributed by atoms with van der Waals surface area (Å²) < 4.78 is 15.1. The molecule has 5 nitrogen and oxygen atoms in total. The molecule has 1 fully saturated rings. The summed E-state index contributed by atoms with van der Waals surface area (Å²) >= 11 is 6.41. The minimum absolute atomic E-state index is 0.107. The van der Waals surface area contributed by atoms with Gasteiger partial charge >= 0.3 is 0 Å². The highest BCUT2D eigenvalue weighted by Gasteiger charge is 2.26. The predicted molar refractivity (Wildman–Crippen MR) is 142 cm³/mol. The summed E-state index contributed by atoms with van der Waals surface area (Å²) in [6.45, 7) is 3.64. The van der Waals surface area contributed by atoms with Crippen molar-refractivity contribution in [3.63, 3.8) is 0 Å². The second kappa shape index (κ2) is 10.9. The van der Waals surface area contributed by atoms with Crippen molar-refractivity contribution in [1.29, 1.82) is 0 Å². The van der Waals surface area contributed by atoms with Gasteiger partial charge in [0.1, 0.15) is 11.5 Å². The zero-order valence-corrected chi connectivity index (χ0v) is 20.5. The summed E-state index contributed by atoms with van der Waals surface area (Å²) in [4.78, 5) is 17.8. The van der Waals surface area contributed by atoms with Gasteiger partial charge in [0.2, 0.25) is 0 Å². The van der Waals surface area contributed by atoms with E-state index in [9.17, 15) is 9.18 Å². The Hall–Kier alpha value is -3.74. The van der Waals surface area contributed by atoms with Gasteiger partial charge in [-0.2, -0.15) is 5.10 Å². The summed E-state index contributed by atoms with van der Waals surface area (Å²) in [5.74, 6) is -0.452. The number of amides is 1. The van der Waals surface area contributed by atoms with Crippen molar-refractivity contribution >= 4 is 23.6 Å². The Morgan fingerprint density at radius 1 is 0.917 bits per heavy atom. The Labute approximate surface area is 215 Å². The first-order chi connectivity index (χ1) is 17.6. The third kappa shape index (κ3) is 5.40. The Morgan fingerprint density at radius 3 is 2.33 bits per heavy atom. The number of hydrogen-bond donors (Lipinski definition) is 0. The first-order valence-electron chi connectivity index (χ1n) is 11.9. The molecule has 0 saturated carbocycles. The Bertz CT molecular complexity index is 1360. The maximum atomic E-state index is 13.6. The number of halogens is 2. The van der Waals surface area contributed by atoms with Crippen molar-refractivity contribution in [1.82, 2.24) is 19.6 Å². The normalized spacial score (nSPS) is 14.4. The van der Waals surface area contributed by atoms with Crippen LogP contribution in [0.15, 0.2) is 91.0 Å². The summed E-state index contributed by atoms with van der Waals surface area (Å²) in [7, 11) is 0. The predicted octanol–water partition coefficient (Wildman–Crippen LogP) is 5.80. The summed E-state index contributed by atoms with van der Waals surface area (Å²) in [5, 5.41) is 5.24. The minimum atomic E-state index is -0.345. The number of carbonyl (C=O) groups excluding carboxylic acids is 1. The zero-order valence-electron chi connectivity index (χ0n) is 19.7. The van der Waals surface area contributed by atoms with Crippen LogP contribution in [-0.4, -0.2) is 58.2 Å². The van der Waals surface area contributed by atoms with Crippen molar-refractivity contribution in [2.75, 3.05) is 32.7 Å². The number of nitrogens with zero attached hydrogens (tertiary/aromatic N) is 4. The fraction of sp³-hybridized carbons (Fsp3) is 0.172. The number of piperazine rings is 1. The maximum Gasteiger partial charge on any atom is 0.272 e. The van der Waals surface area contributed by atoms with Gasteiger partial charge in [0, 0.05) is 38.3 Å². The lowest BCUT2D eigenvalue weighted by atomic mass is 10.1. The van der Waals surface area contributed by atoms with Crippen LogP contribution in [0.2, 0.25) is 5.02 Å². The standard InChI is InChI=1S/C29H26ClFN4O/c30-26-11-5-4-10-25(26)27-21-28(35(32-27)24-14-12-23(31)13-15-24)29(36)34-19-17-33(18-20-34)16-6-9-22-7-2-1-3-8-22/h1-15,21H,16-20H2/b9-6+. The smallest absolute Gasteiger partial charge is 0.272 e. The van der Waals surface area contributed by atoms with Gasteiger partial charge in [-0.3, -0.25) is 9.69 Å². The van der Waals surface area contributed by atoms with Crippen molar-refractivity contribution < 1.29 is 9.18 Å². The number of rotatable bonds is 6. The summed E-state index contributed by atoms with van der Waals surface area (Å²) in [5.41, 5.74) is 3.55. The molecule has 0 spiro atoms. The topological polar surface area (TPSA) is 41.4 Å². The van der Waals surface area contributed by atoms with E-state index >= 15 is 0 Å². The van der Waals surface area contributed by atoms with Gasteiger partial charge in [-0.05, 0) is 42.0 Å². The van der Waals surface area contributed by atoms with E-state index in [0.29, 0.717) is 35.2 Å². The van der Waals surface area contributed by atoms with E-state index in [4.69, 9.17) is 11.6 Å². The van der Waals surface area contributed by atoms with E-state index in [0.717, 1.165) is 25.2 Å². The van der Waals surface area contributed by atoms with Gasteiger partial charge in [0.05, 0.1) is 16.4 Å². The highest BCUT2D eigenvalue weighted by atomic mass is 35.5. The van der Waals surface area contributed by atoms with E-state index in [-0.39, 0.29) is 11.7 Å². The molecule has 0 radical (unpaired) electrons. The average molecular weight is 501 g/mol. The Kier molecular flexibility index (Phi) is 7.26. The molecule has 1 aromatic heterocycles. The molecule has 4 aromatic rings. The largest absolute Gasteiger partial charge is 0.335 e. The van der Waals surface area contributed by atoms with Gasteiger partial charge in [-0.1, -0.05) is 72.3 Å². The van der Waals surface area contributed by atoms with Crippen molar-refractivity contribution in [3.05, 3.63) is 113 Å². The molecule has 0 atom stereocenters. The molecule has 36 heavy (non-hydrogen) atoms. The summed E-state index contributed by atoms with van der Waals surface area (Å²) in [6.07, 6.45) is 4.28. The van der Waals surface area contributed by atoms with Crippen LogP contribution in [-0.2, 0) is 0 Å². The third-order valence-corrected chi connectivity index (χ3v) is 6.61. The molecule has 0 bridgehead atoms. The highest BCUT2D eigenvalue weighted by Crippen LogP contribution is 2.29. The molecule has 7 heteroatoms.